The first kappa shape index (κ1) is 11.1. The van der Waals surface area contributed by atoms with Gasteiger partial charge in [-0.15, -0.1) is 0 Å². The summed E-state index contributed by atoms with van der Waals surface area (Å²) in [5.41, 5.74) is 0.682. The molecule has 3 rings (SSSR count). The third kappa shape index (κ3) is 1.73. The Kier molecular flexibility index (Phi) is 2.68. The van der Waals surface area contributed by atoms with E-state index in [-0.39, 0.29) is 0 Å². The van der Waals surface area contributed by atoms with Crippen molar-refractivity contribution < 1.29 is 14.6 Å². The molecule has 1 aromatic heterocycles. The predicted molar refractivity (Wildman–Crippen MR) is 64.7 cm³/mol. The van der Waals surface area contributed by atoms with Crippen LogP contribution in [-0.4, -0.2) is 27.9 Å². The lowest BCUT2D eigenvalue weighted by Crippen LogP contribution is -2.18. The summed E-state index contributed by atoms with van der Waals surface area (Å²) in [5, 5.41) is 10.4. The molecule has 5 nitrogen and oxygen atoms in total. The van der Waals surface area contributed by atoms with Gasteiger partial charge in [-0.05, 0) is 6.07 Å². The van der Waals surface area contributed by atoms with Crippen molar-refractivity contribution in [3.63, 3.8) is 0 Å². The highest BCUT2D eigenvalue weighted by Gasteiger charge is 2.23. The van der Waals surface area contributed by atoms with Gasteiger partial charge in [0, 0.05) is 25.0 Å². The molecule has 0 amide bonds. The molecule has 0 fully saturated rings. The van der Waals surface area contributed by atoms with Crippen LogP contribution in [0.2, 0.25) is 0 Å². The first-order valence-electron chi connectivity index (χ1n) is 5.81. The topological polar surface area (TPSA) is 56.5 Å². The number of hydrogen-bond acceptors (Lipinski definition) is 4. The molecule has 2 aromatic rings. The average molecular weight is 246 g/mol. The molecular weight excluding hydrogens is 232 g/mol. The van der Waals surface area contributed by atoms with E-state index in [2.05, 4.69) is 4.98 Å². The van der Waals surface area contributed by atoms with E-state index >= 15 is 0 Å². The first-order chi connectivity index (χ1) is 8.77. The molecule has 2 heterocycles. The van der Waals surface area contributed by atoms with Crippen LogP contribution in [0.5, 0.6) is 11.5 Å². The van der Waals surface area contributed by atoms with E-state index in [4.69, 9.17) is 9.47 Å². The number of aliphatic hydroxyl groups is 1. The molecule has 1 aromatic carbocycles. The normalized spacial score (nSPS) is 15.4. The SMILES string of the molecule is Cn1ccnc1C(O)c1cccc2c1OCCO2. The summed E-state index contributed by atoms with van der Waals surface area (Å²) in [5.74, 6) is 1.86. The summed E-state index contributed by atoms with van der Waals surface area (Å²) in [6.45, 7) is 1.03. The van der Waals surface area contributed by atoms with Crippen molar-refractivity contribution in [3.05, 3.63) is 42.0 Å². The van der Waals surface area contributed by atoms with Crippen molar-refractivity contribution in [3.8, 4) is 11.5 Å². The Bertz CT molecular complexity index is 565. The van der Waals surface area contributed by atoms with Crippen LogP contribution in [0.3, 0.4) is 0 Å². The van der Waals surface area contributed by atoms with Gasteiger partial charge >= 0.3 is 0 Å². The van der Waals surface area contributed by atoms with Crippen molar-refractivity contribution in [1.82, 2.24) is 9.55 Å². The van der Waals surface area contributed by atoms with E-state index in [1.807, 2.05) is 25.2 Å². The van der Waals surface area contributed by atoms with Crippen LogP contribution in [0.15, 0.2) is 30.6 Å². The molecule has 18 heavy (non-hydrogen) atoms. The molecule has 94 valence electrons. The van der Waals surface area contributed by atoms with Crippen molar-refractivity contribution >= 4 is 0 Å². The van der Waals surface area contributed by atoms with Crippen LogP contribution in [0.4, 0.5) is 0 Å². The lowest BCUT2D eigenvalue weighted by molar-refractivity contribution is 0.155. The third-order valence-corrected chi connectivity index (χ3v) is 2.99. The summed E-state index contributed by atoms with van der Waals surface area (Å²) in [6.07, 6.45) is 2.64. The van der Waals surface area contributed by atoms with E-state index in [0.717, 1.165) is 0 Å². The molecule has 5 heteroatoms. The summed E-state index contributed by atoms with van der Waals surface area (Å²) in [6, 6.07) is 5.50. The molecule has 0 aliphatic carbocycles. The number of para-hydroxylation sites is 1. The Morgan fingerprint density at radius 3 is 2.94 bits per heavy atom. The fraction of sp³-hybridized carbons (Fsp3) is 0.308. The maximum atomic E-state index is 10.4. The largest absolute Gasteiger partial charge is 0.486 e. The van der Waals surface area contributed by atoms with E-state index in [0.29, 0.717) is 36.1 Å². The fourth-order valence-corrected chi connectivity index (χ4v) is 2.09. The molecule has 0 radical (unpaired) electrons. The van der Waals surface area contributed by atoms with E-state index < -0.39 is 6.10 Å². The Hall–Kier alpha value is -2.01. The molecule has 0 spiro atoms. The zero-order chi connectivity index (χ0) is 12.5. The number of imidazole rings is 1. The van der Waals surface area contributed by atoms with Crippen LogP contribution >= 0.6 is 0 Å². The molecule has 1 atom stereocenters. The summed E-state index contributed by atoms with van der Waals surface area (Å²) in [7, 11) is 1.85. The Balaban J connectivity index is 2.04. The number of nitrogens with zero attached hydrogens (tertiary/aromatic N) is 2. The first-order valence-corrected chi connectivity index (χ1v) is 5.81. The fourth-order valence-electron chi connectivity index (χ4n) is 2.09. The van der Waals surface area contributed by atoms with E-state index in [1.165, 1.54) is 0 Å². The quantitative estimate of drug-likeness (QED) is 0.867. The number of rotatable bonds is 2. The molecule has 0 bridgehead atoms. The van der Waals surface area contributed by atoms with Gasteiger partial charge < -0.3 is 19.1 Å². The third-order valence-electron chi connectivity index (χ3n) is 2.99. The Morgan fingerprint density at radius 2 is 2.17 bits per heavy atom. The molecule has 0 saturated heterocycles. The van der Waals surface area contributed by atoms with Crippen LogP contribution < -0.4 is 9.47 Å². The molecule has 1 aliphatic rings. The van der Waals surface area contributed by atoms with Gasteiger partial charge in [0.15, 0.2) is 11.5 Å². The molecule has 1 N–H and O–H groups in total. The van der Waals surface area contributed by atoms with Crippen molar-refractivity contribution in [2.24, 2.45) is 7.05 Å². The smallest absolute Gasteiger partial charge is 0.167 e. The number of hydrogen-bond donors (Lipinski definition) is 1. The number of aromatic nitrogens is 2. The van der Waals surface area contributed by atoms with Gasteiger partial charge in [0.05, 0.1) is 0 Å². The zero-order valence-electron chi connectivity index (χ0n) is 10.0. The summed E-state index contributed by atoms with van der Waals surface area (Å²) >= 11 is 0. The number of fused-ring (bicyclic) bond motifs is 1. The predicted octanol–water partition coefficient (Wildman–Crippen LogP) is 1.27. The van der Waals surface area contributed by atoms with Crippen molar-refractivity contribution in [2.45, 2.75) is 6.10 Å². The Morgan fingerprint density at radius 1 is 1.33 bits per heavy atom. The van der Waals surface area contributed by atoms with Crippen molar-refractivity contribution in [2.75, 3.05) is 13.2 Å². The van der Waals surface area contributed by atoms with Gasteiger partial charge in [0.2, 0.25) is 0 Å². The molecular formula is C13H14N2O3. The number of benzene rings is 1. The lowest BCUT2D eigenvalue weighted by Gasteiger charge is -2.22. The minimum Gasteiger partial charge on any atom is -0.486 e. The summed E-state index contributed by atoms with van der Waals surface area (Å²) in [4.78, 5) is 4.16. The van der Waals surface area contributed by atoms with E-state index in [1.54, 1.807) is 17.0 Å². The number of ether oxygens (including phenoxy) is 2. The van der Waals surface area contributed by atoms with Gasteiger partial charge in [0.25, 0.3) is 0 Å². The van der Waals surface area contributed by atoms with Crippen LogP contribution in [-0.2, 0) is 7.05 Å². The van der Waals surface area contributed by atoms with Crippen LogP contribution in [0, 0.1) is 0 Å². The zero-order valence-corrected chi connectivity index (χ0v) is 10.0. The maximum Gasteiger partial charge on any atom is 0.167 e. The summed E-state index contributed by atoms with van der Waals surface area (Å²) < 4.78 is 12.9. The average Bonchev–Trinajstić information content (AvgIpc) is 2.83. The second kappa shape index (κ2) is 4.34. The second-order valence-corrected chi connectivity index (χ2v) is 4.17. The van der Waals surface area contributed by atoms with Gasteiger partial charge in [-0.2, -0.15) is 0 Å². The minimum absolute atomic E-state index is 0.497. The number of aryl methyl sites for hydroxylation is 1. The number of aliphatic hydroxyl groups excluding tert-OH is 1. The molecule has 0 saturated carbocycles. The van der Waals surface area contributed by atoms with Crippen LogP contribution in [0.1, 0.15) is 17.5 Å². The Labute approximate surface area is 105 Å². The molecule has 1 aliphatic heterocycles. The van der Waals surface area contributed by atoms with Crippen LogP contribution in [0.25, 0.3) is 0 Å². The van der Waals surface area contributed by atoms with Gasteiger partial charge in [-0.25, -0.2) is 4.98 Å². The van der Waals surface area contributed by atoms with Gasteiger partial charge in [0.1, 0.15) is 25.1 Å². The van der Waals surface area contributed by atoms with Gasteiger partial charge in [-0.3, -0.25) is 0 Å². The highest BCUT2D eigenvalue weighted by molar-refractivity contribution is 5.49. The highest BCUT2D eigenvalue weighted by Crippen LogP contribution is 2.38. The monoisotopic (exact) mass is 246 g/mol. The van der Waals surface area contributed by atoms with E-state index in [9.17, 15) is 5.11 Å². The lowest BCUT2D eigenvalue weighted by atomic mass is 10.1. The van der Waals surface area contributed by atoms with Gasteiger partial charge in [-0.1, -0.05) is 12.1 Å². The minimum atomic E-state index is -0.818. The second-order valence-electron chi connectivity index (χ2n) is 4.17. The standard InChI is InChI=1S/C13H14N2O3/c1-15-6-5-14-13(15)11(16)9-3-2-4-10-12(9)18-8-7-17-10/h2-6,11,16H,7-8H2,1H3. The molecule has 1 unspecified atom stereocenters. The highest BCUT2D eigenvalue weighted by atomic mass is 16.6. The maximum absolute atomic E-state index is 10.4. The van der Waals surface area contributed by atoms with Crippen molar-refractivity contribution in [1.29, 1.82) is 0 Å².